The minimum absolute atomic E-state index is 0.0310. The predicted molar refractivity (Wildman–Crippen MR) is 62.6 cm³/mol. The molecule has 0 amide bonds. The fraction of sp³-hybridized carbons (Fsp3) is 0.667. The zero-order valence-corrected chi connectivity index (χ0v) is 11.0. The average molecular weight is 244 g/mol. The van der Waals surface area contributed by atoms with Gasteiger partial charge < -0.3 is 14.2 Å². The third-order valence-electron chi connectivity index (χ3n) is 1.61. The van der Waals surface area contributed by atoms with E-state index in [0.29, 0.717) is 0 Å². The van der Waals surface area contributed by atoms with Gasteiger partial charge in [0, 0.05) is 0 Å². The van der Waals surface area contributed by atoms with Gasteiger partial charge in [0.2, 0.25) is 0 Å². The second-order valence-electron chi connectivity index (χ2n) is 4.43. The molecule has 0 fully saturated rings. The summed E-state index contributed by atoms with van der Waals surface area (Å²) in [6.07, 6.45) is 1.77. The largest absolute Gasteiger partial charge is 0.508 e. The Labute approximate surface area is 102 Å². The van der Waals surface area contributed by atoms with E-state index < -0.39 is 23.8 Å². The van der Waals surface area contributed by atoms with Crippen molar-refractivity contribution in [3.63, 3.8) is 0 Å². The van der Waals surface area contributed by atoms with Crippen LogP contribution >= 0.6 is 0 Å². The zero-order chi connectivity index (χ0) is 13.5. The molecule has 0 spiro atoms. The van der Waals surface area contributed by atoms with Crippen LogP contribution in [-0.4, -0.2) is 30.9 Å². The molecule has 0 rings (SSSR count). The minimum atomic E-state index is -0.823. The van der Waals surface area contributed by atoms with E-state index in [4.69, 9.17) is 9.47 Å². The molecule has 0 aromatic rings. The van der Waals surface area contributed by atoms with Crippen LogP contribution in [0.1, 0.15) is 34.1 Å². The number of esters is 1. The van der Waals surface area contributed by atoms with E-state index >= 15 is 0 Å². The molecule has 0 aromatic carbocycles. The Morgan fingerprint density at radius 2 is 1.88 bits per heavy atom. The summed E-state index contributed by atoms with van der Waals surface area (Å²) >= 11 is 0. The number of carbonyl (C=O) groups excluding carboxylic acids is 2. The molecular formula is C12H20O5. The number of hydrogen-bond acceptors (Lipinski definition) is 5. The van der Waals surface area contributed by atoms with Crippen LogP contribution in [0.4, 0.5) is 4.79 Å². The van der Waals surface area contributed by atoms with Crippen LogP contribution < -0.4 is 0 Å². The van der Waals surface area contributed by atoms with Gasteiger partial charge in [-0.05, 0) is 33.8 Å². The highest BCUT2D eigenvalue weighted by molar-refractivity contribution is 5.71. The van der Waals surface area contributed by atoms with Gasteiger partial charge in [-0.15, -0.1) is 0 Å². The zero-order valence-electron chi connectivity index (χ0n) is 11.0. The van der Waals surface area contributed by atoms with Crippen LogP contribution in [0.5, 0.6) is 0 Å². The van der Waals surface area contributed by atoms with Crippen LogP contribution in [0.2, 0.25) is 0 Å². The number of rotatable bonds is 4. The van der Waals surface area contributed by atoms with E-state index in [-0.39, 0.29) is 6.42 Å². The first kappa shape index (κ1) is 15.5. The normalized spacial score (nSPS) is 13.2. The molecule has 0 saturated carbocycles. The topological polar surface area (TPSA) is 61.8 Å². The molecule has 17 heavy (non-hydrogen) atoms. The predicted octanol–water partition coefficient (Wildman–Crippen LogP) is 2.45. The van der Waals surface area contributed by atoms with Crippen molar-refractivity contribution in [1.29, 1.82) is 0 Å². The van der Waals surface area contributed by atoms with Crippen molar-refractivity contribution >= 4 is 12.1 Å². The summed E-state index contributed by atoms with van der Waals surface area (Å²) < 4.78 is 14.4. The monoisotopic (exact) mass is 244 g/mol. The SMILES string of the molecule is C/C=C/C(CC(=O)OC(C)(C)C)OC(=O)OC. The van der Waals surface area contributed by atoms with E-state index in [9.17, 15) is 9.59 Å². The second kappa shape index (κ2) is 6.93. The van der Waals surface area contributed by atoms with Gasteiger partial charge in [-0.1, -0.05) is 6.08 Å². The lowest BCUT2D eigenvalue weighted by molar-refractivity contribution is -0.156. The molecular weight excluding hydrogens is 224 g/mol. The van der Waals surface area contributed by atoms with Crippen LogP contribution in [0.15, 0.2) is 12.2 Å². The number of carbonyl (C=O) groups is 2. The lowest BCUT2D eigenvalue weighted by Gasteiger charge is -2.21. The standard InChI is InChI=1S/C12H20O5/c1-6-7-9(16-11(14)15-5)8-10(13)17-12(2,3)4/h6-7,9H,8H2,1-5H3/b7-6+. The molecule has 0 N–H and O–H groups in total. The lowest BCUT2D eigenvalue weighted by atomic mass is 10.2. The number of hydrogen-bond donors (Lipinski definition) is 0. The van der Waals surface area contributed by atoms with Crippen molar-refractivity contribution in [3.8, 4) is 0 Å². The Balaban J connectivity index is 4.35. The molecule has 1 atom stereocenters. The van der Waals surface area contributed by atoms with E-state index in [1.54, 1.807) is 39.8 Å². The van der Waals surface area contributed by atoms with Gasteiger partial charge in [0.1, 0.15) is 11.7 Å². The molecule has 5 heteroatoms. The van der Waals surface area contributed by atoms with Gasteiger partial charge in [-0.25, -0.2) is 4.79 Å². The van der Waals surface area contributed by atoms with Gasteiger partial charge >= 0.3 is 12.1 Å². The first-order valence-corrected chi connectivity index (χ1v) is 5.37. The van der Waals surface area contributed by atoms with Gasteiger partial charge in [0.05, 0.1) is 13.5 Å². The molecule has 0 aliphatic carbocycles. The number of methoxy groups -OCH3 is 1. The van der Waals surface area contributed by atoms with E-state index in [1.165, 1.54) is 7.11 Å². The summed E-state index contributed by atoms with van der Waals surface area (Å²) in [5, 5.41) is 0. The summed E-state index contributed by atoms with van der Waals surface area (Å²) in [5.74, 6) is -0.426. The maximum absolute atomic E-state index is 11.5. The average Bonchev–Trinajstić information content (AvgIpc) is 2.14. The van der Waals surface area contributed by atoms with Crippen molar-refractivity contribution < 1.29 is 23.8 Å². The Kier molecular flexibility index (Phi) is 6.31. The summed E-state index contributed by atoms with van der Waals surface area (Å²) in [6, 6.07) is 0. The summed E-state index contributed by atoms with van der Waals surface area (Å²) in [6.45, 7) is 7.09. The number of allylic oxidation sites excluding steroid dienone is 1. The first-order valence-electron chi connectivity index (χ1n) is 5.37. The fourth-order valence-electron chi connectivity index (χ4n) is 1.08. The molecule has 1 unspecified atom stereocenters. The Hall–Kier alpha value is -1.52. The van der Waals surface area contributed by atoms with E-state index in [1.807, 2.05) is 0 Å². The smallest absolute Gasteiger partial charge is 0.460 e. The maximum Gasteiger partial charge on any atom is 0.508 e. The molecule has 0 aromatic heterocycles. The van der Waals surface area contributed by atoms with E-state index in [0.717, 1.165) is 0 Å². The Morgan fingerprint density at radius 1 is 1.29 bits per heavy atom. The summed E-state index contributed by atoms with van der Waals surface area (Å²) in [5.41, 5.74) is -0.553. The lowest BCUT2D eigenvalue weighted by Crippen LogP contribution is -2.27. The van der Waals surface area contributed by atoms with Crippen LogP contribution in [-0.2, 0) is 19.0 Å². The summed E-state index contributed by atoms with van der Waals surface area (Å²) in [7, 11) is 1.21. The first-order chi connectivity index (χ1) is 7.78. The van der Waals surface area contributed by atoms with Gasteiger partial charge in [0.15, 0.2) is 0 Å². The van der Waals surface area contributed by atoms with Crippen molar-refractivity contribution in [2.45, 2.75) is 45.8 Å². The molecule has 0 saturated heterocycles. The molecule has 0 heterocycles. The second-order valence-corrected chi connectivity index (χ2v) is 4.43. The highest BCUT2D eigenvalue weighted by Gasteiger charge is 2.21. The molecule has 98 valence electrons. The third-order valence-corrected chi connectivity index (χ3v) is 1.61. The van der Waals surface area contributed by atoms with Crippen LogP contribution in [0, 0.1) is 0 Å². The van der Waals surface area contributed by atoms with Crippen LogP contribution in [0.3, 0.4) is 0 Å². The maximum atomic E-state index is 11.5. The molecule has 0 aliphatic rings. The van der Waals surface area contributed by atoms with Crippen molar-refractivity contribution in [2.75, 3.05) is 7.11 Å². The van der Waals surface area contributed by atoms with Gasteiger partial charge in [0.25, 0.3) is 0 Å². The quantitative estimate of drug-likeness (QED) is 0.561. The van der Waals surface area contributed by atoms with Crippen molar-refractivity contribution in [1.82, 2.24) is 0 Å². The molecule has 0 aliphatic heterocycles. The van der Waals surface area contributed by atoms with E-state index in [2.05, 4.69) is 4.74 Å². The fourth-order valence-corrected chi connectivity index (χ4v) is 1.08. The van der Waals surface area contributed by atoms with Gasteiger partial charge in [-0.2, -0.15) is 0 Å². The molecule has 5 nitrogen and oxygen atoms in total. The highest BCUT2D eigenvalue weighted by Crippen LogP contribution is 2.11. The minimum Gasteiger partial charge on any atom is -0.460 e. The molecule has 0 radical (unpaired) electrons. The third kappa shape index (κ3) is 8.30. The Bertz CT molecular complexity index is 288. The highest BCUT2D eigenvalue weighted by atomic mass is 16.7. The summed E-state index contributed by atoms with van der Waals surface area (Å²) in [4.78, 5) is 22.5. The Morgan fingerprint density at radius 3 is 2.29 bits per heavy atom. The van der Waals surface area contributed by atoms with Crippen LogP contribution in [0.25, 0.3) is 0 Å². The molecule has 0 bridgehead atoms. The van der Waals surface area contributed by atoms with Crippen molar-refractivity contribution in [3.05, 3.63) is 12.2 Å². The van der Waals surface area contributed by atoms with Crippen molar-refractivity contribution in [2.24, 2.45) is 0 Å². The van der Waals surface area contributed by atoms with Gasteiger partial charge in [-0.3, -0.25) is 4.79 Å². The number of ether oxygens (including phenoxy) is 3.